The largest absolute Gasteiger partial charge is 1.00 e. The summed E-state index contributed by atoms with van der Waals surface area (Å²) in [6.07, 6.45) is 7.70. The van der Waals surface area contributed by atoms with Crippen LogP contribution in [0.4, 0.5) is 0 Å². The first-order valence-electron chi connectivity index (χ1n) is 9.23. The first-order chi connectivity index (χ1) is 11.4. The van der Waals surface area contributed by atoms with Gasteiger partial charge in [-0.15, -0.1) is 0 Å². The van der Waals surface area contributed by atoms with E-state index in [1.165, 1.54) is 25.3 Å². The molecule has 0 unspecified atom stereocenters. The van der Waals surface area contributed by atoms with Crippen LogP contribution < -0.4 is 0 Å². The predicted molar refractivity (Wildman–Crippen MR) is 97.4 cm³/mol. The molecule has 0 saturated heterocycles. The van der Waals surface area contributed by atoms with Crippen molar-refractivity contribution in [2.75, 3.05) is 6.61 Å². The molecule has 0 bridgehead atoms. The van der Waals surface area contributed by atoms with E-state index in [0.717, 1.165) is 12.8 Å². The summed E-state index contributed by atoms with van der Waals surface area (Å²) in [6.45, 7) is 12.3. The molecular weight excluding hydrogens is 323 g/mol. The lowest BCUT2D eigenvalue weighted by atomic mass is 10.2. The average Bonchev–Trinajstić information content (AvgIpc) is 2.48. The molecule has 0 spiro atoms. The first-order valence-corrected chi connectivity index (χ1v) is 10.6. The molecule has 24 heavy (non-hydrogen) atoms. The van der Waals surface area contributed by atoms with Gasteiger partial charge in [0.25, 0.3) is 0 Å². The van der Waals surface area contributed by atoms with Crippen LogP contribution in [0.5, 0.6) is 0 Å². The smallest absolute Gasteiger partial charge is 0.602 e. The summed E-state index contributed by atoms with van der Waals surface area (Å²) in [5.41, 5.74) is 0. The van der Waals surface area contributed by atoms with E-state index in [0.29, 0.717) is 18.8 Å². The van der Waals surface area contributed by atoms with E-state index in [9.17, 15) is 4.79 Å². The second-order valence-corrected chi connectivity index (χ2v) is 7.68. The maximum atomic E-state index is 11.9. The molecule has 0 aromatic rings. The van der Waals surface area contributed by atoms with Gasteiger partial charge in [0.2, 0.25) is 0 Å². The van der Waals surface area contributed by atoms with E-state index in [2.05, 4.69) is 6.92 Å². The van der Waals surface area contributed by atoms with E-state index >= 15 is 0 Å². The van der Waals surface area contributed by atoms with Crippen molar-refractivity contribution >= 4 is 21.1 Å². The molecule has 5 nitrogen and oxygen atoms in total. The summed E-state index contributed by atoms with van der Waals surface area (Å²) in [5.74, 6) is 0.202. The summed E-state index contributed by atoms with van der Waals surface area (Å²) < 4.78 is 22.5. The van der Waals surface area contributed by atoms with Crippen LogP contribution in [0.2, 0.25) is 0 Å². The van der Waals surface area contributed by atoms with Crippen molar-refractivity contribution in [3.8, 4) is 0 Å². The fraction of sp³-hybridized carbons (Fsp3) is 0.833. The van der Waals surface area contributed by atoms with Crippen LogP contribution in [0, 0.1) is 0 Å². The predicted octanol–water partition coefficient (Wildman–Crippen LogP) is 4.65. The Balaban J connectivity index is 4.35. The zero-order chi connectivity index (χ0) is 18.4. The minimum absolute atomic E-state index is 0.0218. The zero-order valence-corrected chi connectivity index (χ0v) is 17.5. The van der Waals surface area contributed by atoms with Crippen LogP contribution in [0.25, 0.3) is 0 Å². The molecule has 0 fully saturated rings. The molecule has 0 aromatic carbocycles. The fourth-order valence-corrected chi connectivity index (χ4v) is 3.47. The van der Waals surface area contributed by atoms with Crippen LogP contribution in [0.1, 0.15) is 80.1 Å². The Morgan fingerprint density at radius 3 is 2.04 bits per heavy atom. The monoisotopic (exact) mass is 358 g/mol. The topological polar surface area (TPSA) is 54.0 Å². The number of allylic oxidation sites excluding steroid dienone is 1. The number of carbonyl (C=O) groups excluding carboxylic acids is 1. The molecule has 0 amide bonds. The van der Waals surface area contributed by atoms with Gasteiger partial charge in [0.1, 0.15) is 0 Å². The van der Waals surface area contributed by atoms with Crippen molar-refractivity contribution in [2.24, 2.45) is 0 Å². The fourth-order valence-electron chi connectivity index (χ4n) is 1.93. The number of ether oxygens (including phenoxy) is 1. The number of hydrogen-bond acceptors (Lipinski definition) is 5. The highest BCUT2D eigenvalue weighted by Gasteiger charge is 2.37. The molecule has 0 radical (unpaired) electrons. The van der Waals surface area contributed by atoms with Crippen molar-refractivity contribution in [2.45, 2.75) is 92.3 Å². The quantitative estimate of drug-likeness (QED) is 0.149. The van der Waals surface area contributed by atoms with E-state index in [1.807, 2.05) is 34.6 Å². The maximum Gasteiger partial charge on any atom is 1.00 e. The van der Waals surface area contributed by atoms with Crippen molar-refractivity contribution < 1.29 is 20.9 Å². The lowest BCUT2D eigenvalue weighted by Gasteiger charge is -2.20. The summed E-state index contributed by atoms with van der Waals surface area (Å²) in [6, 6.07) is 0. The lowest BCUT2D eigenvalue weighted by molar-refractivity contribution is -0.138. The minimum atomic E-state index is -2.31. The van der Waals surface area contributed by atoms with Gasteiger partial charge in [-0.05, 0) is 40.5 Å². The third-order valence-electron chi connectivity index (χ3n) is 3.13. The van der Waals surface area contributed by atoms with Crippen LogP contribution in [0.3, 0.4) is 0 Å². The molecule has 6 heteroatoms. The van der Waals surface area contributed by atoms with E-state index < -0.39 is 15.1 Å². The summed E-state index contributed by atoms with van der Waals surface area (Å²) >= 11 is -2.31. The van der Waals surface area contributed by atoms with Crippen LogP contribution in [-0.2, 0) is 20.9 Å². The molecule has 140 valence electrons. The summed E-state index contributed by atoms with van der Waals surface area (Å²) in [7, 11) is 0. The Morgan fingerprint density at radius 1 is 0.958 bits per heavy atom. The molecule has 0 saturated carbocycles. The standard InChI is InChI=1S/C12H22O3.2C3H7O.Al/c1-3-5-6-7-8-9-15-12(14)10-11(13)4-2;2*1-3(2)4;/h10,13H,3-9H2,1-2H3;2*3H,1-2H3;/q;2*-1;+3/p-1/b11-10-;;;. The second-order valence-electron chi connectivity index (χ2n) is 6.32. The minimum Gasteiger partial charge on any atom is -0.602 e. The van der Waals surface area contributed by atoms with Crippen LogP contribution in [0.15, 0.2) is 11.8 Å². The Kier molecular flexibility index (Phi) is 14.4. The number of esters is 1. The Bertz CT molecular complexity index is 345. The third kappa shape index (κ3) is 13.9. The molecule has 0 heterocycles. The van der Waals surface area contributed by atoms with Crippen molar-refractivity contribution in [3.63, 3.8) is 0 Å². The Hall–Kier alpha value is -0.538. The number of rotatable bonds is 14. The van der Waals surface area contributed by atoms with Gasteiger partial charge < -0.3 is 16.1 Å². The molecule has 0 aliphatic heterocycles. The van der Waals surface area contributed by atoms with Crippen molar-refractivity contribution in [1.82, 2.24) is 0 Å². The van der Waals surface area contributed by atoms with Gasteiger partial charge in [-0.25, -0.2) is 4.79 Å². The molecule has 0 rings (SSSR count). The number of unbranched alkanes of at least 4 members (excludes halogenated alkanes) is 4. The molecule has 0 atom stereocenters. The van der Waals surface area contributed by atoms with Gasteiger partial charge in [0.15, 0.2) is 0 Å². The van der Waals surface area contributed by atoms with E-state index in [4.69, 9.17) is 16.1 Å². The van der Waals surface area contributed by atoms with Crippen molar-refractivity contribution in [3.05, 3.63) is 11.8 Å². The Labute approximate surface area is 153 Å². The third-order valence-corrected chi connectivity index (χ3v) is 5.16. The van der Waals surface area contributed by atoms with Gasteiger partial charge in [0.05, 0.1) is 18.4 Å². The molecule has 0 aromatic heterocycles. The van der Waals surface area contributed by atoms with Gasteiger partial charge >= 0.3 is 21.1 Å². The lowest BCUT2D eigenvalue weighted by Crippen LogP contribution is -2.32. The van der Waals surface area contributed by atoms with Crippen LogP contribution in [-0.4, -0.2) is 39.9 Å². The summed E-state index contributed by atoms with van der Waals surface area (Å²) in [5, 5.41) is 0. The molecule has 0 N–H and O–H groups in total. The SMILES string of the molecule is CCCCCCCOC(=O)/C=C(/CC)[O][Al]([O]C(C)C)[O]C(C)C. The normalized spacial score (nSPS) is 11.9. The second kappa shape index (κ2) is 14.8. The zero-order valence-electron chi connectivity index (χ0n) is 16.3. The molecular formula is C18H35AlO5. The van der Waals surface area contributed by atoms with Crippen molar-refractivity contribution in [1.29, 1.82) is 0 Å². The Morgan fingerprint density at radius 2 is 1.54 bits per heavy atom. The molecule has 0 aliphatic carbocycles. The first kappa shape index (κ1) is 23.5. The van der Waals surface area contributed by atoms with E-state index in [1.54, 1.807) is 0 Å². The highest BCUT2D eigenvalue weighted by Crippen LogP contribution is 2.11. The number of hydrogen-bond donors (Lipinski definition) is 0. The van der Waals surface area contributed by atoms with Gasteiger partial charge in [-0.2, -0.15) is 0 Å². The van der Waals surface area contributed by atoms with Gasteiger partial charge in [0, 0.05) is 12.2 Å². The average molecular weight is 358 g/mol. The highest BCUT2D eigenvalue weighted by molar-refractivity contribution is 6.37. The van der Waals surface area contributed by atoms with E-state index in [-0.39, 0.29) is 18.2 Å². The molecule has 0 aliphatic rings. The highest BCUT2D eigenvalue weighted by atomic mass is 27.3. The summed E-state index contributed by atoms with van der Waals surface area (Å²) in [4.78, 5) is 11.9. The maximum absolute atomic E-state index is 11.9. The van der Waals surface area contributed by atoms with Gasteiger partial charge in [-0.3, -0.25) is 0 Å². The van der Waals surface area contributed by atoms with Crippen LogP contribution >= 0.6 is 0 Å². The number of carbonyl (C=O) groups is 1. The van der Waals surface area contributed by atoms with Gasteiger partial charge in [-0.1, -0.05) is 39.5 Å².